The Kier molecular flexibility index (Phi) is 3.06. The number of thiazole rings is 1. The fourth-order valence-corrected chi connectivity index (χ4v) is 2.22. The second-order valence-electron chi connectivity index (χ2n) is 3.43. The average molecular weight is 258 g/mol. The highest BCUT2D eigenvalue weighted by Crippen LogP contribution is 2.32. The van der Waals surface area contributed by atoms with Crippen molar-refractivity contribution in [1.82, 2.24) is 4.98 Å². The highest BCUT2D eigenvalue weighted by molar-refractivity contribution is 7.16. The van der Waals surface area contributed by atoms with Gasteiger partial charge in [0.25, 0.3) is 0 Å². The van der Waals surface area contributed by atoms with E-state index < -0.39 is 17.5 Å². The Bertz CT molecular complexity index is 543. The van der Waals surface area contributed by atoms with Crippen LogP contribution in [0.2, 0.25) is 0 Å². The summed E-state index contributed by atoms with van der Waals surface area (Å²) in [6, 6.07) is 1.78. The summed E-state index contributed by atoms with van der Waals surface area (Å²) in [4.78, 5) is 4.15. The smallest absolute Gasteiger partial charge is 0.194 e. The van der Waals surface area contributed by atoms with Crippen molar-refractivity contribution in [3.05, 3.63) is 34.6 Å². The maximum Gasteiger partial charge on any atom is 0.194 e. The zero-order valence-corrected chi connectivity index (χ0v) is 9.75. The molecule has 2 N–H and O–H groups in total. The normalized spacial score (nSPS) is 10.8. The molecular weight excluding hydrogens is 249 g/mol. The third-order valence-corrected chi connectivity index (χ3v) is 3.29. The van der Waals surface area contributed by atoms with Crippen molar-refractivity contribution < 1.29 is 13.2 Å². The number of nitrogen functional groups attached to an aromatic ring is 1. The van der Waals surface area contributed by atoms with E-state index in [2.05, 4.69) is 4.98 Å². The van der Waals surface area contributed by atoms with Crippen LogP contribution in [-0.4, -0.2) is 4.98 Å². The monoisotopic (exact) mass is 258 g/mol. The lowest BCUT2D eigenvalue weighted by Crippen LogP contribution is -1.94. The van der Waals surface area contributed by atoms with E-state index in [4.69, 9.17) is 5.73 Å². The summed E-state index contributed by atoms with van der Waals surface area (Å²) in [6.45, 7) is 1.90. The molecule has 0 saturated carbocycles. The zero-order valence-electron chi connectivity index (χ0n) is 8.93. The third kappa shape index (κ3) is 2.12. The predicted molar refractivity (Wildman–Crippen MR) is 61.2 cm³/mol. The standard InChI is InChI=1S/C11H9F3N2S/c1-2-8-16-10(11(15)17-8)5-3-6(12)9(14)7(13)4-5/h3-4H,2,15H2,1H3. The molecule has 0 aliphatic heterocycles. The quantitative estimate of drug-likeness (QED) is 0.839. The zero-order chi connectivity index (χ0) is 12.6. The Morgan fingerprint density at radius 2 is 1.82 bits per heavy atom. The first-order valence-electron chi connectivity index (χ1n) is 4.93. The Morgan fingerprint density at radius 1 is 1.24 bits per heavy atom. The number of rotatable bonds is 2. The lowest BCUT2D eigenvalue weighted by Gasteiger charge is -2.01. The number of benzene rings is 1. The van der Waals surface area contributed by atoms with Gasteiger partial charge in [-0.1, -0.05) is 6.92 Å². The van der Waals surface area contributed by atoms with Crippen LogP contribution < -0.4 is 5.73 Å². The first-order chi connectivity index (χ1) is 8.02. The van der Waals surface area contributed by atoms with Crippen molar-refractivity contribution in [2.45, 2.75) is 13.3 Å². The van der Waals surface area contributed by atoms with Gasteiger partial charge in [0.1, 0.15) is 10.7 Å². The summed E-state index contributed by atoms with van der Waals surface area (Å²) in [5.74, 6) is -3.98. The van der Waals surface area contributed by atoms with Crippen LogP contribution in [0.15, 0.2) is 12.1 Å². The highest BCUT2D eigenvalue weighted by Gasteiger charge is 2.15. The molecule has 0 bridgehead atoms. The molecule has 0 saturated heterocycles. The number of hydrogen-bond acceptors (Lipinski definition) is 3. The van der Waals surface area contributed by atoms with E-state index in [1.165, 1.54) is 11.3 Å². The maximum absolute atomic E-state index is 13.1. The molecule has 0 unspecified atom stereocenters. The van der Waals surface area contributed by atoms with Crippen LogP contribution in [-0.2, 0) is 6.42 Å². The van der Waals surface area contributed by atoms with Crippen molar-refractivity contribution in [2.75, 3.05) is 5.73 Å². The number of aryl methyl sites for hydroxylation is 1. The molecule has 0 aliphatic rings. The van der Waals surface area contributed by atoms with E-state index in [-0.39, 0.29) is 5.56 Å². The van der Waals surface area contributed by atoms with E-state index in [9.17, 15) is 13.2 Å². The lowest BCUT2D eigenvalue weighted by atomic mass is 10.1. The number of nitrogens with two attached hydrogens (primary N) is 1. The summed E-state index contributed by atoms with van der Waals surface area (Å²) in [6.07, 6.45) is 0.682. The van der Waals surface area contributed by atoms with Gasteiger partial charge in [-0.05, 0) is 18.6 Å². The van der Waals surface area contributed by atoms with Crippen LogP contribution in [0.5, 0.6) is 0 Å². The Morgan fingerprint density at radius 3 is 2.29 bits per heavy atom. The van der Waals surface area contributed by atoms with E-state index in [1.54, 1.807) is 0 Å². The molecule has 2 nitrogen and oxygen atoms in total. The molecule has 1 aromatic heterocycles. The minimum absolute atomic E-state index is 0.148. The van der Waals surface area contributed by atoms with Crippen LogP contribution in [0.3, 0.4) is 0 Å². The number of nitrogens with zero attached hydrogens (tertiary/aromatic N) is 1. The molecule has 0 atom stereocenters. The average Bonchev–Trinajstić information content (AvgIpc) is 2.67. The van der Waals surface area contributed by atoms with Crippen molar-refractivity contribution in [3.63, 3.8) is 0 Å². The molecule has 0 aliphatic carbocycles. The van der Waals surface area contributed by atoms with Crippen LogP contribution in [0.25, 0.3) is 11.3 Å². The van der Waals surface area contributed by atoms with E-state index in [0.29, 0.717) is 17.1 Å². The van der Waals surface area contributed by atoms with Crippen LogP contribution in [0.4, 0.5) is 18.2 Å². The minimum Gasteiger partial charge on any atom is -0.389 e. The first-order valence-corrected chi connectivity index (χ1v) is 5.74. The van der Waals surface area contributed by atoms with Crippen molar-refractivity contribution >= 4 is 16.3 Å². The Balaban J connectivity index is 2.56. The van der Waals surface area contributed by atoms with Gasteiger partial charge in [0.15, 0.2) is 17.5 Å². The van der Waals surface area contributed by atoms with Gasteiger partial charge in [-0.15, -0.1) is 11.3 Å². The second-order valence-corrected chi connectivity index (χ2v) is 4.54. The van der Waals surface area contributed by atoms with Gasteiger partial charge in [0.05, 0.1) is 5.01 Å². The third-order valence-electron chi connectivity index (χ3n) is 2.26. The Hall–Kier alpha value is -1.56. The molecule has 0 fully saturated rings. The topological polar surface area (TPSA) is 38.9 Å². The van der Waals surface area contributed by atoms with Gasteiger partial charge >= 0.3 is 0 Å². The molecule has 1 heterocycles. The Labute approximate surface area is 99.9 Å². The van der Waals surface area contributed by atoms with E-state index in [0.717, 1.165) is 17.1 Å². The molecule has 2 rings (SSSR count). The van der Waals surface area contributed by atoms with Crippen LogP contribution in [0.1, 0.15) is 11.9 Å². The molecule has 2 aromatic rings. The molecule has 17 heavy (non-hydrogen) atoms. The van der Waals surface area contributed by atoms with Gasteiger partial charge in [0, 0.05) is 5.56 Å². The fourth-order valence-electron chi connectivity index (χ4n) is 1.43. The van der Waals surface area contributed by atoms with Crippen molar-refractivity contribution in [3.8, 4) is 11.3 Å². The summed E-state index contributed by atoms with van der Waals surface area (Å²) in [5.41, 5.74) is 6.15. The summed E-state index contributed by atoms with van der Waals surface area (Å²) < 4.78 is 38.9. The maximum atomic E-state index is 13.1. The fraction of sp³-hybridized carbons (Fsp3) is 0.182. The van der Waals surface area contributed by atoms with Gasteiger partial charge in [0.2, 0.25) is 0 Å². The number of halogens is 3. The number of anilines is 1. The van der Waals surface area contributed by atoms with Gasteiger partial charge < -0.3 is 5.73 Å². The summed E-state index contributed by atoms with van der Waals surface area (Å²) in [7, 11) is 0. The first kappa shape index (κ1) is 11.9. The minimum atomic E-state index is -1.49. The van der Waals surface area contributed by atoms with Crippen molar-refractivity contribution in [1.29, 1.82) is 0 Å². The molecule has 6 heteroatoms. The second kappa shape index (κ2) is 4.37. The number of hydrogen-bond donors (Lipinski definition) is 1. The summed E-state index contributed by atoms with van der Waals surface area (Å²) in [5, 5.41) is 1.13. The highest BCUT2D eigenvalue weighted by atomic mass is 32.1. The van der Waals surface area contributed by atoms with Gasteiger partial charge in [-0.25, -0.2) is 18.2 Å². The summed E-state index contributed by atoms with van der Waals surface area (Å²) >= 11 is 1.25. The van der Waals surface area contributed by atoms with Gasteiger partial charge in [-0.2, -0.15) is 0 Å². The van der Waals surface area contributed by atoms with Crippen molar-refractivity contribution in [2.24, 2.45) is 0 Å². The number of aromatic nitrogens is 1. The lowest BCUT2D eigenvalue weighted by molar-refractivity contribution is 0.447. The molecule has 1 aromatic carbocycles. The SMILES string of the molecule is CCc1nc(-c2cc(F)c(F)c(F)c2)c(N)s1. The molecule has 0 spiro atoms. The molecular formula is C11H9F3N2S. The molecule has 90 valence electrons. The van der Waals surface area contributed by atoms with E-state index >= 15 is 0 Å². The van der Waals surface area contributed by atoms with Crippen LogP contribution in [0, 0.1) is 17.5 Å². The largest absolute Gasteiger partial charge is 0.389 e. The van der Waals surface area contributed by atoms with Gasteiger partial charge in [-0.3, -0.25) is 0 Å². The predicted octanol–water partition coefficient (Wildman–Crippen LogP) is 3.37. The van der Waals surface area contributed by atoms with Crippen LogP contribution >= 0.6 is 11.3 Å². The molecule has 0 radical (unpaired) electrons. The van der Waals surface area contributed by atoms with E-state index in [1.807, 2.05) is 6.92 Å². The molecule has 0 amide bonds.